The lowest BCUT2D eigenvalue weighted by Crippen LogP contribution is -2.36. The molecule has 0 aromatic heterocycles. The molecule has 2 atom stereocenters. The number of halogens is 2. The van der Waals surface area contributed by atoms with Crippen molar-refractivity contribution < 1.29 is 9.90 Å². The van der Waals surface area contributed by atoms with Crippen molar-refractivity contribution in [1.82, 2.24) is 4.90 Å². The van der Waals surface area contributed by atoms with Gasteiger partial charge in [0.25, 0.3) is 0 Å². The first kappa shape index (κ1) is 14.2. The fourth-order valence-corrected chi connectivity index (χ4v) is 3.34. The van der Waals surface area contributed by atoms with Crippen molar-refractivity contribution >= 4 is 29.1 Å². The zero-order chi connectivity index (χ0) is 14.3. The molecule has 0 aliphatic heterocycles. The fraction of sp³-hybridized carbons (Fsp3) is 0.533. The molecule has 2 fully saturated rings. The smallest absolute Gasteiger partial charge is 0.226 e. The van der Waals surface area contributed by atoms with Crippen molar-refractivity contribution in [2.45, 2.75) is 31.2 Å². The minimum atomic E-state index is 0.0147. The van der Waals surface area contributed by atoms with Crippen LogP contribution in [-0.2, 0) is 4.79 Å². The van der Waals surface area contributed by atoms with Crippen molar-refractivity contribution in [3.05, 3.63) is 33.8 Å². The van der Waals surface area contributed by atoms with Gasteiger partial charge in [0.2, 0.25) is 5.91 Å². The molecule has 1 N–H and O–H groups in total. The van der Waals surface area contributed by atoms with E-state index in [0.29, 0.717) is 22.6 Å². The predicted octanol–water partition coefficient (Wildman–Crippen LogP) is 3.08. The number of hydrogen-bond donors (Lipinski definition) is 1. The first-order valence-corrected chi connectivity index (χ1v) is 7.73. The van der Waals surface area contributed by atoms with Gasteiger partial charge in [-0.25, -0.2) is 0 Å². The number of amides is 1. The monoisotopic (exact) mass is 313 g/mol. The third-order valence-electron chi connectivity index (χ3n) is 4.08. The van der Waals surface area contributed by atoms with E-state index in [1.54, 1.807) is 6.07 Å². The highest BCUT2D eigenvalue weighted by molar-refractivity contribution is 6.35. The van der Waals surface area contributed by atoms with Crippen molar-refractivity contribution in [1.29, 1.82) is 0 Å². The topological polar surface area (TPSA) is 40.5 Å². The molecule has 1 aromatic rings. The molecule has 2 unspecified atom stereocenters. The maximum absolute atomic E-state index is 12.5. The van der Waals surface area contributed by atoms with Crippen molar-refractivity contribution in [3.63, 3.8) is 0 Å². The Kier molecular flexibility index (Phi) is 3.93. The van der Waals surface area contributed by atoms with Gasteiger partial charge in [-0.15, -0.1) is 0 Å². The van der Waals surface area contributed by atoms with Gasteiger partial charge in [-0.3, -0.25) is 4.79 Å². The van der Waals surface area contributed by atoms with Gasteiger partial charge in [0.05, 0.1) is 6.61 Å². The summed E-state index contributed by atoms with van der Waals surface area (Å²) in [6.45, 7) is 0.475. The molecular weight excluding hydrogens is 297 g/mol. The first-order chi connectivity index (χ1) is 9.61. The van der Waals surface area contributed by atoms with Crippen LogP contribution in [0.3, 0.4) is 0 Å². The summed E-state index contributed by atoms with van der Waals surface area (Å²) in [5, 5.41) is 10.3. The minimum Gasteiger partial charge on any atom is -0.395 e. The van der Waals surface area contributed by atoms with Gasteiger partial charge in [-0.2, -0.15) is 0 Å². The predicted molar refractivity (Wildman–Crippen MR) is 79.1 cm³/mol. The quantitative estimate of drug-likeness (QED) is 0.907. The third kappa shape index (κ3) is 2.80. The molecule has 5 heteroatoms. The average molecular weight is 314 g/mol. The Balaban J connectivity index is 1.69. The van der Waals surface area contributed by atoms with Crippen LogP contribution in [0.5, 0.6) is 0 Å². The van der Waals surface area contributed by atoms with E-state index in [4.69, 9.17) is 28.3 Å². The summed E-state index contributed by atoms with van der Waals surface area (Å²) in [5.41, 5.74) is 1.01. The molecule has 0 radical (unpaired) electrons. The molecule has 3 rings (SSSR count). The molecule has 1 aromatic carbocycles. The molecule has 3 nitrogen and oxygen atoms in total. The van der Waals surface area contributed by atoms with E-state index >= 15 is 0 Å². The van der Waals surface area contributed by atoms with E-state index in [9.17, 15) is 4.79 Å². The van der Waals surface area contributed by atoms with Gasteiger partial charge in [0, 0.05) is 28.5 Å². The van der Waals surface area contributed by atoms with Crippen molar-refractivity contribution in [2.24, 2.45) is 5.92 Å². The third-order valence-corrected chi connectivity index (χ3v) is 4.64. The Morgan fingerprint density at radius 2 is 2.10 bits per heavy atom. The van der Waals surface area contributed by atoms with E-state index in [0.717, 1.165) is 24.8 Å². The molecule has 0 bridgehead atoms. The van der Waals surface area contributed by atoms with Gasteiger partial charge in [-0.1, -0.05) is 29.3 Å². The Hall–Kier alpha value is -0.770. The molecule has 1 amide bonds. The zero-order valence-corrected chi connectivity index (χ0v) is 12.6. The number of rotatable bonds is 5. The summed E-state index contributed by atoms with van der Waals surface area (Å²) in [7, 11) is 0. The second-order valence-corrected chi connectivity index (χ2v) is 6.44. The van der Waals surface area contributed by atoms with E-state index in [-0.39, 0.29) is 24.3 Å². The second-order valence-electron chi connectivity index (χ2n) is 5.60. The van der Waals surface area contributed by atoms with Crippen LogP contribution < -0.4 is 0 Å². The SMILES string of the molecule is O=C(C1CC1c1ccc(Cl)cc1Cl)N(CCO)C1CC1. The summed E-state index contributed by atoms with van der Waals surface area (Å²) in [6.07, 6.45) is 2.96. The standard InChI is InChI=1S/C15H17Cl2NO2/c16-9-1-4-11(14(17)7-9)12-8-13(12)15(20)18(5-6-19)10-2-3-10/h1,4,7,10,12-13,19H,2-3,5-6,8H2. The number of carbonyl (C=O) groups excluding carboxylic acids is 1. The van der Waals surface area contributed by atoms with E-state index in [2.05, 4.69) is 0 Å². The summed E-state index contributed by atoms with van der Waals surface area (Å²) >= 11 is 12.1. The van der Waals surface area contributed by atoms with Crippen LogP contribution in [0.2, 0.25) is 10.0 Å². The van der Waals surface area contributed by atoms with Crippen molar-refractivity contribution in [2.75, 3.05) is 13.2 Å². The van der Waals surface area contributed by atoms with Gasteiger partial charge in [0.15, 0.2) is 0 Å². The maximum atomic E-state index is 12.5. The number of aliphatic hydroxyl groups excluding tert-OH is 1. The molecule has 20 heavy (non-hydrogen) atoms. The Bertz CT molecular complexity index is 531. The molecule has 108 valence electrons. The van der Waals surface area contributed by atoms with Crippen LogP contribution in [0, 0.1) is 5.92 Å². The lowest BCUT2D eigenvalue weighted by Gasteiger charge is -2.21. The Morgan fingerprint density at radius 3 is 2.70 bits per heavy atom. The van der Waals surface area contributed by atoms with Crippen LogP contribution in [-0.4, -0.2) is 35.1 Å². The normalized spacial score (nSPS) is 24.6. The molecule has 2 aliphatic carbocycles. The summed E-state index contributed by atoms with van der Waals surface area (Å²) in [5.74, 6) is 0.380. The molecule has 0 heterocycles. The van der Waals surface area contributed by atoms with Gasteiger partial charge in [-0.05, 0) is 42.9 Å². The number of benzene rings is 1. The highest BCUT2D eigenvalue weighted by Gasteiger charge is 2.48. The molecular formula is C15H17Cl2NO2. The Morgan fingerprint density at radius 1 is 1.35 bits per heavy atom. The van der Waals surface area contributed by atoms with Gasteiger partial charge < -0.3 is 10.0 Å². The lowest BCUT2D eigenvalue weighted by molar-refractivity contribution is -0.133. The van der Waals surface area contributed by atoms with Crippen LogP contribution in [0.4, 0.5) is 0 Å². The van der Waals surface area contributed by atoms with Crippen molar-refractivity contribution in [3.8, 4) is 0 Å². The molecule has 0 saturated heterocycles. The lowest BCUT2D eigenvalue weighted by atomic mass is 10.1. The maximum Gasteiger partial charge on any atom is 0.226 e. The van der Waals surface area contributed by atoms with Crippen LogP contribution in [0.1, 0.15) is 30.7 Å². The molecule has 2 saturated carbocycles. The molecule has 2 aliphatic rings. The summed E-state index contributed by atoms with van der Waals surface area (Å²) in [6, 6.07) is 5.80. The van der Waals surface area contributed by atoms with Crippen LogP contribution in [0.15, 0.2) is 18.2 Å². The fourth-order valence-electron chi connectivity index (χ4n) is 2.79. The van der Waals surface area contributed by atoms with Gasteiger partial charge in [0.1, 0.15) is 0 Å². The minimum absolute atomic E-state index is 0.0147. The number of aliphatic hydroxyl groups is 1. The van der Waals surface area contributed by atoms with E-state index in [1.807, 2.05) is 17.0 Å². The first-order valence-electron chi connectivity index (χ1n) is 6.98. The van der Waals surface area contributed by atoms with E-state index in [1.165, 1.54) is 0 Å². The number of hydrogen-bond acceptors (Lipinski definition) is 2. The van der Waals surface area contributed by atoms with Crippen LogP contribution in [0.25, 0.3) is 0 Å². The second kappa shape index (κ2) is 5.55. The highest BCUT2D eigenvalue weighted by Crippen LogP contribution is 2.51. The van der Waals surface area contributed by atoms with Gasteiger partial charge >= 0.3 is 0 Å². The summed E-state index contributed by atoms with van der Waals surface area (Å²) in [4.78, 5) is 14.3. The highest BCUT2D eigenvalue weighted by atomic mass is 35.5. The number of nitrogens with zero attached hydrogens (tertiary/aromatic N) is 1. The molecule has 0 spiro atoms. The largest absolute Gasteiger partial charge is 0.395 e. The van der Waals surface area contributed by atoms with E-state index < -0.39 is 0 Å². The number of carbonyl (C=O) groups is 1. The summed E-state index contributed by atoms with van der Waals surface area (Å²) < 4.78 is 0. The average Bonchev–Trinajstić information content (AvgIpc) is 3.26. The zero-order valence-electron chi connectivity index (χ0n) is 11.1. The Labute approximate surface area is 128 Å². The van der Waals surface area contributed by atoms with Crippen LogP contribution >= 0.6 is 23.2 Å².